The van der Waals surface area contributed by atoms with Crippen LogP contribution < -0.4 is 5.32 Å². The fraction of sp³-hybridized carbons (Fsp3) is 0.235. The first-order valence-electron chi connectivity index (χ1n) is 8.37. The summed E-state index contributed by atoms with van der Waals surface area (Å²) >= 11 is 0. The van der Waals surface area contributed by atoms with Crippen LogP contribution in [0.3, 0.4) is 0 Å². The minimum absolute atomic E-state index is 0.0317. The van der Waals surface area contributed by atoms with Crippen LogP contribution in [-0.2, 0) is 24.8 Å². The molecule has 0 spiro atoms. The van der Waals surface area contributed by atoms with Crippen LogP contribution in [0.25, 0.3) is 0 Å². The Morgan fingerprint density at radius 1 is 1.11 bits per heavy atom. The number of hydrogen-bond donors (Lipinski definition) is 1. The first kappa shape index (κ1) is 19.0. The van der Waals surface area contributed by atoms with Crippen molar-refractivity contribution in [2.24, 2.45) is 4.40 Å². The molecule has 0 bridgehead atoms. The van der Waals surface area contributed by atoms with Crippen LogP contribution in [0.1, 0.15) is 5.56 Å². The number of fused-ring (bicyclic) bond motifs is 1. The van der Waals surface area contributed by atoms with Crippen molar-refractivity contribution >= 4 is 31.6 Å². The van der Waals surface area contributed by atoms with E-state index in [1.165, 1.54) is 34.6 Å². The van der Waals surface area contributed by atoms with Gasteiger partial charge in [-0.15, -0.1) is 4.40 Å². The van der Waals surface area contributed by atoms with Crippen LogP contribution in [0.2, 0.25) is 0 Å². The van der Waals surface area contributed by atoms with Crippen LogP contribution in [0, 0.1) is 5.82 Å². The van der Waals surface area contributed by atoms with Crippen molar-refractivity contribution in [1.82, 2.24) is 4.31 Å². The van der Waals surface area contributed by atoms with Crippen LogP contribution in [0.15, 0.2) is 56.7 Å². The number of morpholine rings is 1. The molecule has 0 aromatic heterocycles. The van der Waals surface area contributed by atoms with Crippen molar-refractivity contribution in [1.29, 1.82) is 0 Å². The van der Waals surface area contributed by atoms with Crippen molar-refractivity contribution in [2.45, 2.75) is 9.79 Å². The quantitative estimate of drug-likeness (QED) is 0.797. The Morgan fingerprint density at radius 3 is 2.57 bits per heavy atom. The Bertz CT molecular complexity index is 1170. The summed E-state index contributed by atoms with van der Waals surface area (Å²) < 4.78 is 74.4. The van der Waals surface area contributed by atoms with Gasteiger partial charge in [0.2, 0.25) is 10.0 Å². The van der Waals surface area contributed by atoms with Crippen LogP contribution in [0.4, 0.5) is 10.1 Å². The van der Waals surface area contributed by atoms with E-state index in [9.17, 15) is 21.2 Å². The molecular formula is C17H16FN3O5S2. The molecule has 0 amide bonds. The van der Waals surface area contributed by atoms with E-state index < -0.39 is 25.9 Å². The van der Waals surface area contributed by atoms with Gasteiger partial charge in [-0.05, 0) is 30.3 Å². The van der Waals surface area contributed by atoms with Gasteiger partial charge >= 0.3 is 0 Å². The molecule has 11 heteroatoms. The third-order valence-electron chi connectivity index (χ3n) is 4.40. The zero-order valence-electron chi connectivity index (χ0n) is 14.5. The maximum atomic E-state index is 13.5. The molecule has 1 saturated heterocycles. The molecule has 2 aliphatic rings. The third-order valence-corrected chi connectivity index (χ3v) is 7.61. The minimum atomic E-state index is -4.17. The SMILES string of the molecule is O=S1(=O)N=C(c2cccc(F)c2)Nc2ccc(S(=O)(=O)N3CCOCC3)cc21. The summed E-state index contributed by atoms with van der Waals surface area (Å²) in [5.41, 5.74) is 0.439. The van der Waals surface area contributed by atoms with Gasteiger partial charge in [0, 0.05) is 18.7 Å². The second-order valence-corrected chi connectivity index (χ2v) is 9.74. The molecule has 2 aromatic rings. The molecule has 2 aliphatic heterocycles. The zero-order valence-corrected chi connectivity index (χ0v) is 16.1. The number of halogens is 1. The van der Waals surface area contributed by atoms with E-state index in [1.54, 1.807) is 0 Å². The largest absolute Gasteiger partial charge is 0.379 e. The van der Waals surface area contributed by atoms with Gasteiger partial charge in [-0.25, -0.2) is 12.8 Å². The van der Waals surface area contributed by atoms with Gasteiger partial charge in [-0.1, -0.05) is 12.1 Å². The van der Waals surface area contributed by atoms with E-state index in [0.717, 1.165) is 12.1 Å². The normalized spacial score (nSPS) is 19.4. The van der Waals surface area contributed by atoms with Crippen molar-refractivity contribution in [3.05, 3.63) is 53.8 Å². The van der Waals surface area contributed by atoms with Gasteiger partial charge in [0.15, 0.2) is 5.84 Å². The number of anilines is 1. The molecule has 1 fully saturated rings. The molecule has 0 saturated carbocycles. The predicted molar refractivity (Wildman–Crippen MR) is 99.8 cm³/mol. The Morgan fingerprint density at radius 2 is 1.86 bits per heavy atom. The summed E-state index contributed by atoms with van der Waals surface area (Å²) in [5.74, 6) is -0.562. The molecule has 28 heavy (non-hydrogen) atoms. The number of sulfonamides is 2. The third kappa shape index (κ3) is 3.41. The van der Waals surface area contributed by atoms with E-state index >= 15 is 0 Å². The Hall–Kier alpha value is -2.34. The van der Waals surface area contributed by atoms with E-state index in [-0.39, 0.29) is 53.2 Å². The van der Waals surface area contributed by atoms with Crippen LogP contribution >= 0.6 is 0 Å². The highest BCUT2D eigenvalue weighted by molar-refractivity contribution is 7.91. The average Bonchev–Trinajstić information content (AvgIpc) is 2.68. The molecule has 0 radical (unpaired) electrons. The highest BCUT2D eigenvalue weighted by Crippen LogP contribution is 2.32. The zero-order chi connectivity index (χ0) is 19.9. The lowest BCUT2D eigenvalue weighted by Crippen LogP contribution is -2.40. The monoisotopic (exact) mass is 425 g/mol. The number of rotatable bonds is 3. The van der Waals surface area contributed by atoms with Crippen molar-refractivity contribution < 1.29 is 26.0 Å². The fourth-order valence-corrected chi connectivity index (χ4v) is 5.67. The topological polar surface area (TPSA) is 105 Å². The lowest BCUT2D eigenvalue weighted by molar-refractivity contribution is 0.0730. The fourth-order valence-electron chi connectivity index (χ4n) is 3.00. The van der Waals surface area contributed by atoms with Gasteiger partial charge in [0.05, 0.1) is 23.8 Å². The van der Waals surface area contributed by atoms with Crippen molar-refractivity contribution in [2.75, 3.05) is 31.6 Å². The Labute approximate surface area is 161 Å². The highest BCUT2D eigenvalue weighted by Gasteiger charge is 2.31. The summed E-state index contributed by atoms with van der Waals surface area (Å²) in [7, 11) is -8.02. The molecular weight excluding hydrogens is 409 g/mol. The second-order valence-electron chi connectivity index (χ2n) is 6.22. The lowest BCUT2D eigenvalue weighted by atomic mass is 10.2. The summed E-state index contributed by atoms with van der Waals surface area (Å²) in [5, 5.41) is 2.83. The molecule has 2 heterocycles. The molecule has 1 N–H and O–H groups in total. The van der Waals surface area contributed by atoms with Crippen molar-refractivity contribution in [3.63, 3.8) is 0 Å². The first-order chi connectivity index (χ1) is 13.3. The second kappa shape index (κ2) is 6.92. The molecule has 0 aliphatic carbocycles. The standard InChI is InChI=1S/C17H16FN3O5S2/c18-13-3-1-2-12(10-13)17-19-15-5-4-14(11-16(15)27(22,23)20-17)28(24,25)21-6-8-26-9-7-21/h1-5,10-11H,6-9H2,(H,19,20). The molecule has 4 rings (SSSR count). The van der Waals surface area contributed by atoms with E-state index in [1.807, 2.05) is 0 Å². The van der Waals surface area contributed by atoms with E-state index in [0.29, 0.717) is 0 Å². The molecule has 0 atom stereocenters. The maximum Gasteiger partial charge on any atom is 0.286 e. The summed E-state index contributed by atoms with van der Waals surface area (Å²) in [6, 6.07) is 9.15. The highest BCUT2D eigenvalue weighted by atomic mass is 32.2. The van der Waals surface area contributed by atoms with Crippen molar-refractivity contribution in [3.8, 4) is 0 Å². The number of ether oxygens (including phenoxy) is 1. The smallest absolute Gasteiger partial charge is 0.286 e. The number of nitrogens with one attached hydrogen (secondary N) is 1. The number of amidine groups is 1. The average molecular weight is 425 g/mol. The maximum absolute atomic E-state index is 13.5. The van der Waals surface area contributed by atoms with Crippen LogP contribution in [-0.4, -0.2) is 53.3 Å². The molecule has 0 unspecified atom stereocenters. The Balaban J connectivity index is 1.74. The van der Waals surface area contributed by atoms with E-state index in [4.69, 9.17) is 4.74 Å². The Kier molecular flexibility index (Phi) is 4.70. The summed E-state index contributed by atoms with van der Waals surface area (Å²) in [4.78, 5) is -0.384. The van der Waals surface area contributed by atoms with Gasteiger partial charge in [0.1, 0.15) is 10.7 Å². The van der Waals surface area contributed by atoms with Gasteiger partial charge in [-0.2, -0.15) is 12.7 Å². The summed E-state index contributed by atoms with van der Waals surface area (Å²) in [6.07, 6.45) is 0. The van der Waals surface area contributed by atoms with Crippen LogP contribution in [0.5, 0.6) is 0 Å². The summed E-state index contributed by atoms with van der Waals surface area (Å²) in [6.45, 7) is 0.967. The number of nitrogens with zero attached hydrogens (tertiary/aromatic N) is 2. The van der Waals surface area contributed by atoms with Gasteiger partial charge in [0.25, 0.3) is 10.0 Å². The van der Waals surface area contributed by atoms with Gasteiger partial charge in [-0.3, -0.25) is 0 Å². The first-order valence-corrected chi connectivity index (χ1v) is 11.3. The molecule has 8 nitrogen and oxygen atoms in total. The number of hydrogen-bond acceptors (Lipinski definition) is 6. The molecule has 2 aromatic carbocycles. The minimum Gasteiger partial charge on any atom is -0.379 e. The number of benzene rings is 2. The molecule has 148 valence electrons. The van der Waals surface area contributed by atoms with E-state index in [2.05, 4.69) is 9.71 Å². The predicted octanol–water partition coefficient (Wildman–Crippen LogP) is 1.41. The van der Waals surface area contributed by atoms with Gasteiger partial charge < -0.3 is 10.1 Å². The lowest BCUT2D eigenvalue weighted by Gasteiger charge is -2.26.